The molecular formula is C18H24N6O. The number of nitrogens with zero attached hydrogens (tertiary/aromatic N) is 6. The topological polar surface area (TPSA) is 67.2 Å². The molecule has 4 rings (SSSR count). The Morgan fingerprint density at radius 2 is 2.00 bits per heavy atom. The third-order valence-electron chi connectivity index (χ3n) is 5.20. The summed E-state index contributed by atoms with van der Waals surface area (Å²) in [6.45, 7) is 7.88. The van der Waals surface area contributed by atoms with Gasteiger partial charge in [-0.05, 0) is 44.7 Å². The average Bonchev–Trinajstić information content (AvgIpc) is 3.19. The van der Waals surface area contributed by atoms with Gasteiger partial charge >= 0.3 is 6.03 Å². The van der Waals surface area contributed by atoms with E-state index >= 15 is 0 Å². The molecule has 25 heavy (non-hydrogen) atoms. The number of carbonyl (C=O) groups is 1. The van der Waals surface area contributed by atoms with Crippen molar-refractivity contribution in [2.24, 2.45) is 5.92 Å². The summed E-state index contributed by atoms with van der Waals surface area (Å²) in [5.41, 5.74) is 0.743. The monoisotopic (exact) mass is 340 g/mol. The van der Waals surface area contributed by atoms with E-state index in [9.17, 15) is 4.79 Å². The highest BCUT2D eigenvalue weighted by Crippen LogP contribution is 2.34. The van der Waals surface area contributed by atoms with Crippen LogP contribution < -0.4 is 4.90 Å². The summed E-state index contributed by atoms with van der Waals surface area (Å²) in [4.78, 5) is 21.3. The highest BCUT2D eigenvalue weighted by molar-refractivity contribution is 5.93. The Labute approximate surface area is 147 Å². The standard InChI is InChI=1S/C18H24N6O/c1-12(2)24-11-19-21-17(24)15-5-4-6-16(20-15)23-8-7-22(18(23)25)14-9-13(3)10-14/h4-6,11-14H,7-10H2,1-3H3. The van der Waals surface area contributed by atoms with Crippen LogP contribution in [0, 0.1) is 5.92 Å². The number of hydrogen-bond acceptors (Lipinski definition) is 4. The molecule has 0 radical (unpaired) electrons. The van der Waals surface area contributed by atoms with E-state index in [-0.39, 0.29) is 12.1 Å². The van der Waals surface area contributed by atoms with Crippen molar-refractivity contribution in [2.45, 2.75) is 45.7 Å². The molecular weight excluding hydrogens is 316 g/mol. The number of amides is 2. The number of pyridine rings is 1. The minimum atomic E-state index is 0.0758. The van der Waals surface area contributed by atoms with Gasteiger partial charge < -0.3 is 9.47 Å². The fourth-order valence-electron chi connectivity index (χ4n) is 3.72. The van der Waals surface area contributed by atoms with Crippen LogP contribution in [0.25, 0.3) is 11.5 Å². The molecule has 0 aromatic carbocycles. The summed E-state index contributed by atoms with van der Waals surface area (Å²) >= 11 is 0. The van der Waals surface area contributed by atoms with Crippen LogP contribution in [0.5, 0.6) is 0 Å². The Hall–Kier alpha value is -2.44. The molecule has 1 aliphatic carbocycles. The van der Waals surface area contributed by atoms with Gasteiger partial charge in [0.05, 0.1) is 0 Å². The molecule has 0 unspecified atom stereocenters. The molecule has 1 aliphatic heterocycles. The zero-order chi connectivity index (χ0) is 17.6. The molecule has 2 aliphatic rings. The van der Waals surface area contributed by atoms with Crippen LogP contribution >= 0.6 is 0 Å². The fourth-order valence-corrected chi connectivity index (χ4v) is 3.72. The molecule has 1 saturated carbocycles. The van der Waals surface area contributed by atoms with Crippen molar-refractivity contribution in [1.29, 1.82) is 0 Å². The summed E-state index contributed by atoms with van der Waals surface area (Å²) in [5.74, 6) is 2.15. The Morgan fingerprint density at radius 3 is 2.72 bits per heavy atom. The Balaban J connectivity index is 1.58. The van der Waals surface area contributed by atoms with Gasteiger partial charge in [-0.1, -0.05) is 13.0 Å². The molecule has 132 valence electrons. The molecule has 2 fully saturated rings. The van der Waals surface area contributed by atoms with Crippen LogP contribution in [0.15, 0.2) is 24.5 Å². The van der Waals surface area contributed by atoms with E-state index in [2.05, 4.69) is 31.0 Å². The van der Waals surface area contributed by atoms with E-state index in [0.717, 1.165) is 36.8 Å². The maximum absolute atomic E-state index is 12.8. The van der Waals surface area contributed by atoms with Gasteiger partial charge in [0.15, 0.2) is 5.82 Å². The number of hydrogen-bond donors (Lipinski definition) is 0. The number of rotatable bonds is 4. The first-order valence-electron chi connectivity index (χ1n) is 8.99. The van der Waals surface area contributed by atoms with E-state index in [0.29, 0.717) is 18.4 Å². The normalized spacial score (nSPS) is 23.4. The van der Waals surface area contributed by atoms with Crippen molar-refractivity contribution < 1.29 is 4.79 Å². The predicted molar refractivity (Wildman–Crippen MR) is 95.3 cm³/mol. The highest BCUT2D eigenvalue weighted by Gasteiger charge is 2.40. The van der Waals surface area contributed by atoms with E-state index in [1.807, 2.05) is 27.7 Å². The second-order valence-corrected chi connectivity index (χ2v) is 7.39. The van der Waals surface area contributed by atoms with Gasteiger partial charge in [-0.2, -0.15) is 0 Å². The largest absolute Gasteiger partial charge is 0.326 e. The quantitative estimate of drug-likeness (QED) is 0.858. The lowest BCUT2D eigenvalue weighted by atomic mass is 9.81. The van der Waals surface area contributed by atoms with Gasteiger partial charge in [0.2, 0.25) is 0 Å². The first-order valence-corrected chi connectivity index (χ1v) is 8.99. The van der Waals surface area contributed by atoms with E-state index < -0.39 is 0 Å². The van der Waals surface area contributed by atoms with Crippen LogP contribution in [-0.4, -0.2) is 49.8 Å². The fraction of sp³-hybridized carbons (Fsp3) is 0.556. The average molecular weight is 340 g/mol. The zero-order valence-corrected chi connectivity index (χ0v) is 15.0. The molecule has 2 amide bonds. The van der Waals surface area contributed by atoms with Crippen molar-refractivity contribution in [3.05, 3.63) is 24.5 Å². The molecule has 0 bridgehead atoms. The van der Waals surface area contributed by atoms with Crippen molar-refractivity contribution in [3.63, 3.8) is 0 Å². The first kappa shape index (κ1) is 16.1. The molecule has 0 atom stereocenters. The molecule has 2 aromatic rings. The minimum Gasteiger partial charge on any atom is -0.320 e. The SMILES string of the molecule is CC1CC(N2CCN(c3cccc(-c4nncn4C(C)C)n3)C2=O)C1. The summed E-state index contributed by atoms with van der Waals surface area (Å²) in [7, 11) is 0. The zero-order valence-electron chi connectivity index (χ0n) is 15.0. The molecule has 2 aromatic heterocycles. The van der Waals surface area contributed by atoms with Crippen molar-refractivity contribution in [3.8, 4) is 11.5 Å². The van der Waals surface area contributed by atoms with E-state index in [1.165, 1.54) is 0 Å². The smallest absolute Gasteiger partial charge is 0.320 e. The minimum absolute atomic E-state index is 0.0758. The number of carbonyl (C=O) groups excluding carboxylic acids is 1. The Kier molecular flexibility index (Phi) is 3.94. The van der Waals surface area contributed by atoms with Crippen molar-refractivity contribution >= 4 is 11.8 Å². The van der Waals surface area contributed by atoms with Gasteiger partial charge in [-0.3, -0.25) is 4.90 Å². The van der Waals surface area contributed by atoms with Crippen LogP contribution in [0.3, 0.4) is 0 Å². The number of aromatic nitrogens is 4. The predicted octanol–water partition coefficient (Wildman–Crippen LogP) is 2.96. The summed E-state index contributed by atoms with van der Waals surface area (Å²) in [5, 5.41) is 8.21. The third-order valence-corrected chi connectivity index (χ3v) is 5.20. The Bertz CT molecular complexity index is 779. The van der Waals surface area contributed by atoms with Gasteiger partial charge in [0.1, 0.15) is 17.8 Å². The van der Waals surface area contributed by atoms with Gasteiger partial charge in [0.25, 0.3) is 0 Å². The molecule has 7 heteroatoms. The summed E-state index contributed by atoms with van der Waals surface area (Å²) < 4.78 is 1.99. The molecule has 0 spiro atoms. The summed E-state index contributed by atoms with van der Waals surface area (Å²) in [6.07, 6.45) is 3.95. The lowest BCUT2D eigenvalue weighted by molar-refractivity contribution is 0.126. The van der Waals surface area contributed by atoms with E-state index in [4.69, 9.17) is 4.98 Å². The number of anilines is 1. The maximum atomic E-state index is 12.8. The van der Waals surface area contributed by atoms with Gasteiger partial charge in [-0.25, -0.2) is 9.78 Å². The third kappa shape index (κ3) is 2.77. The maximum Gasteiger partial charge on any atom is 0.326 e. The van der Waals surface area contributed by atoms with Crippen LogP contribution in [0.2, 0.25) is 0 Å². The molecule has 3 heterocycles. The highest BCUT2D eigenvalue weighted by atomic mass is 16.2. The van der Waals surface area contributed by atoms with Crippen LogP contribution in [0.4, 0.5) is 10.6 Å². The van der Waals surface area contributed by atoms with Crippen LogP contribution in [-0.2, 0) is 0 Å². The number of urea groups is 1. The second-order valence-electron chi connectivity index (χ2n) is 7.39. The van der Waals surface area contributed by atoms with E-state index in [1.54, 1.807) is 11.2 Å². The van der Waals surface area contributed by atoms with Crippen molar-refractivity contribution in [2.75, 3.05) is 18.0 Å². The first-order chi connectivity index (χ1) is 12.0. The van der Waals surface area contributed by atoms with Crippen molar-refractivity contribution in [1.82, 2.24) is 24.6 Å². The molecule has 1 saturated heterocycles. The molecule has 7 nitrogen and oxygen atoms in total. The lowest BCUT2D eigenvalue weighted by Crippen LogP contribution is -2.46. The second kappa shape index (κ2) is 6.13. The lowest BCUT2D eigenvalue weighted by Gasteiger charge is -2.39. The summed E-state index contributed by atoms with van der Waals surface area (Å²) in [6, 6.07) is 6.47. The van der Waals surface area contributed by atoms with Gasteiger partial charge in [0, 0.05) is 25.2 Å². The molecule has 0 N–H and O–H groups in total. The van der Waals surface area contributed by atoms with Gasteiger partial charge in [-0.15, -0.1) is 10.2 Å². The van der Waals surface area contributed by atoms with Crippen LogP contribution in [0.1, 0.15) is 39.7 Å². The Morgan fingerprint density at radius 1 is 1.20 bits per heavy atom.